The molecule has 1 fully saturated rings. The van der Waals surface area contributed by atoms with Gasteiger partial charge in [-0.25, -0.2) is 0 Å². The van der Waals surface area contributed by atoms with Gasteiger partial charge in [-0.3, -0.25) is 14.4 Å². The summed E-state index contributed by atoms with van der Waals surface area (Å²) in [7, 11) is 0. The zero-order chi connectivity index (χ0) is 30.1. The van der Waals surface area contributed by atoms with Gasteiger partial charge in [0, 0.05) is 32.9 Å². The van der Waals surface area contributed by atoms with Crippen LogP contribution < -0.4 is 10.2 Å². The van der Waals surface area contributed by atoms with Crippen LogP contribution in [0.4, 0.5) is 11.4 Å². The highest BCUT2D eigenvalue weighted by molar-refractivity contribution is 6.31. The number of nitrogens with one attached hydrogen (secondary N) is 1. The number of carbonyl (C=O) groups is 3. The van der Waals surface area contributed by atoms with E-state index in [0.717, 1.165) is 34.4 Å². The number of rotatable bonds is 5. The number of Topliss-reactive ketones (excluding diaryl/α,β-unsaturated/α-hetero) is 2. The molecule has 0 aromatic heterocycles. The molecule has 0 unspecified atom stereocenters. The lowest BCUT2D eigenvalue weighted by atomic mass is 9.63. The van der Waals surface area contributed by atoms with Crippen molar-refractivity contribution < 1.29 is 14.4 Å². The van der Waals surface area contributed by atoms with Crippen LogP contribution in [-0.2, 0) is 21.4 Å². The lowest BCUT2D eigenvalue weighted by Crippen LogP contribution is -2.51. The minimum Gasteiger partial charge on any atom is -0.352 e. The molecule has 6 rings (SSSR count). The highest BCUT2D eigenvalue weighted by atomic mass is 35.5. The Kier molecular flexibility index (Phi) is 6.73. The first kappa shape index (κ1) is 28.4. The monoisotopic (exact) mass is 580 g/mol. The topological polar surface area (TPSA) is 66.5 Å². The molecule has 1 spiro atoms. The Morgan fingerprint density at radius 1 is 1.02 bits per heavy atom. The summed E-state index contributed by atoms with van der Waals surface area (Å²) in [6, 6.07) is 19.5. The number of fused-ring (bicyclic) bond motifs is 6. The third-order valence-electron chi connectivity index (χ3n) is 9.11. The summed E-state index contributed by atoms with van der Waals surface area (Å²) < 4.78 is 0. The number of ketones is 2. The SMILES string of the molecule is CC1=C[C@H]2N(c3ccc(Cl)cc31)[C@@H](C(=O)C(C)(C)C)[C@@H](C(=O)c1ccc(CC(C)C)cc1)[C@]21C(=O)Nc2ccccc21. The minimum absolute atomic E-state index is 0.0785. The van der Waals surface area contributed by atoms with Crippen molar-refractivity contribution >= 4 is 46.0 Å². The highest BCUT2D eigenvalue weighted by Gasteiger charge is 2.71. The second kappa shape index (κ2) is 9.95. The maximum Gasteiger partial charge on any atom is 0.238 e. The summed E-state index contributed by atoms with van der Waals surface area (Å²) in [6.07, 6.45) is 2.96. The fourth-order valence-corrected chi connectivity index (χ4v) is 7.48. The smallest absolute Gasteiger partial charge is 0.238 e. The van der Waals surface area contributed by atoms with Crippen molar-refractivity contribution in [3.05, 3.63) is 100 Å². The van der Waals surface area contributed by atoms with Crippen molar-refractivity contribution in [3.63, 3.8) is 0 Å². The van der Waals surface area contributed by atoms with Gasteiger partial charge in [0.15, 0.2) is 11.6 Å². The minimum atomic E-state index is -1.31. The summed E-state index contributed by atoms with van der Waals surface area (Å²) in [5, 5.41) is 3.69. The first-order valence-electron chi connectivity index (χ1n) is 14.7. The van der Waals surface area contributed by atoms with E-state index in [2.05, 4.69) is 25.2 Å². The molecular weight excluding hydrogens is 544 g/mol. The Balaban J connectivity index is 1.64. The second-order valence-electron chi connectivity index (χ2n) is 13.4. The van der Waals surface area contributed by atoms with Gasteiger partial charge in [0.25, 0.3) is 0 Å². The molecule has 3 heterocycles. The van der Waals surface area contributed by atoms with Gasteiger partial charge >= 0.3 is 0 Å². The number of allylic oxidation sites excluding steroid dienone is 1. The summed E-state index contributed by atoms with van der Waals surface area (Å²) in [4.78, 5) is 46.0. The lowest BCUT2D eigenvalue weighted by Gasteiger charge is -2.40. The van der Waals surface area contributed by atoms with E-state index < -0.39 is 28.8 Å². The van der Waals surface area contributed by atoms with E-state index in [-0.39, 0.29) is 17.5 Å². The molecule has 216 valence electrons. The molecule has 3 aromatic rings. The molecule has 42 heavy (non-hydrogen) atoms. The molecule has 1 N–H and O–H groups in total. The number of anilines is 2. The number of nitrogens with zero attached hydrogens (tertiary/aromatic N) is 1. The molecule has 3 aromatic carbocycles. The molecule has 0 radical (unpaired) electrons. The number of amides is 1. The van der Waals surface area contributed by atoms with Crippen molar-refractivity contribution in [1.82, 2.24) is 0 Å². The summed E-state index contributed by atoms with van der Waals surface area (Å²) in [5.41, 5.74) is 3.69. The van der Waals surface area contributed by atoms with E-state index in [9.17, 15) is 14.4 Å². The largest absolute Gasteiger partial charge is 0.352 e. The number of carbonyl (C=O) groups excluding carboxylic acids is 3. The second-order valence-corrected chi connectivity index (χ2v) is 13.9. The quantitative estimate of drug-likeness (QED) is 0.317. The summed E-state index contributed by atoms with van der Waals surface area (Å²) in [5.74, 6) is -1.00. The molecule has 6 heteroatoms. The van der Waals surface area contributed by atoms with Crippen LogP contribution in [0.5, 0.6) is 0 Å². The maximum absolute atomic E-state index is 14.9. The molecule has 4 atom stereocenters. The summed E-state index contributed by atoms with van der Waals surface area (Å²) >= 11 is 6.44. The van der Waals surface area contributed by atoms with Crippen LogP contribution in [0.25, 0.3) is 5.57 Å². The van der Waals surface area contributed by atoms with E-state index in [1.54, 1.807) is 0 Å². The average Bonchev–Trinajstić information content (AvgIpc) is 3.40. The van der Waals surface area contributed by atoms with Gasteiger partial charge < -0.3 is 10.2 Å². The van der Waals surface area contributed by atoms with Gasteiger partial charge in [-0.15, -0.1) is 0 Å². The molecule has 5 nitrogen and oxygen atoms in total. The Morgan fingerprint density at radius 3 is 2.38 bits per heavy atom. The van der Waals surface area contributed by atoms with Crippen LogP contribution >= 0.6 is 11.6 Å². The number of hydrogen-bond acceptors (Lipinski definition) is 4. The molecule has 1 saturated heterocycles. The van der Waals surface area contributed by atoms with Crippen molar-refractivity contribution in [3.8, 4) is 0 Å². The van der Waals surface area contributed by atoms with E-state index >= 15 is 0 Å². The van der Waals surface area contributed by atoms with Gasteiger partial charge in [0.2, 0.25) is 5.91 Å². The van der Waals surface area contributed by atoms with E-state index in [1.807, 2.05) is 99.3 Å². The number of hydrogen-bond donors (Lipinski definition) is 1. The number of benzene rings is 3. The van der Waals surface area contributed by atoms with Gasteiger partial charge in [0.1, 0.15) is 11.5 Å². The molecule has 3 aliphatic heterocycles. The van der Waals surface area contributed by atoms with Crippen molar-refractivity contribution in [2.24, 2.45) is 17.3 Å². The third kappa shape index (κ3) is 4.16. The van der Waals surface area contributed by atoms with Gasteiger partial charge in [-0.1, -0.05) is 94.8 Å². The Hall–Kier alpha value is -3.70. The van der Waals surface area contributed by atoms with Crippen molar-refractivity contribution in [1.29, 1.82) is 0 Å². The van der Waals surface area contributed by atoms with Crippen LogP contribution in [-0.4, -0.2) is 29.6 Å². The fraction of sp³-hybridized carbons (Fsp3) is 0.361. The van der Waals surface area contributed by atoms with Gasteiger partial charge in [-0.2, -0.15) is 0 Å². The van der Waals surface area contributed by atoms with Crippen LogP contribution in [0.2, 0.25) is 5.02 Å². The predicted octanol–water partition coefficient (Wildman–Crippen LogP) is 7.52. The Morgan fingerprint density at radius 2 is 1.71 bits per heavy atom. The van der Waals surface area contributed by atoms with Crippen LogP contribution in [0.15, 0.2) is 72.8 Å². The Labute approximate surface area is 253 Å². The van der Waals surface area contributed by atoms with E-state index in [1.165, 1.54) is 0 Å². The van der Waals surface area contributed by atoms with Crippen molar-refractivity contribution in [2.75, 3.05) is 10.2 Å². The van der Waals surface area contributed by atoms with E-state index in [0.29, 0.717) is 22.2 Å². The van der Waals surface area contributed by atoms with E-state index in [4.69, 9.17) is 11.6 Å². The number of halogens is 1. The van der Waals surface area contributed by atoms with Crippen LogP contribution in [0.3, 0.4) is 0 Å². The molecule has 1 amide bonds. The van der Waals surface area contributed by atoms with Crippen molar-refractivity contribution in [2.45, 2.75) is 65.5 Å². The van der Waals surface area contributed by atoms with Crippen LogP contribution in [0.1, 0.15) is 68.6 Å². The molecule has 0 aliphatic carbocycles. The number of para-hydroxylation sites is 1. The molecular formula is C36H37ClN2O3. The maximum atomic E-state index is 14.9. The van der Waals surface area contributed by atoms with Gasteiger partial charge in [0.05, 0.1) is 12.0 Å². The first-order valence-corrected chi connectivity index (χ1v) is 15.1. The lowest BCUT2D eigenvalue weighted by molar-refractivity contribution is -0.128. The standard InChI is InChI=1S/C36H37ClN2O3/c1-20(2)17-22-11-13-23(14-12-22)32(40)30-31(33(41)35(4,5)6)39-28-16-15-24(37)19-25(28)21(3)18-29(39)36(30)26-9-7-8-10-27(26)38-34(36)42/h7-16,18-20,29-31H,17H2,1-6H3,(H,38,42)/t29-,30+,31-,36-/m1/s1. The zero-order valence-electron chi connectivity index (χ0n) is 25.0. The zero-order valence-corrected chi connectivity index (χ0v) is 25.8. The van der Waals surface area contributed by atoms with Gasteiger partial charge in [-0.05, 0) is 60.2 Å². The average molecular weight is 581 g/mol. The normalized spacial score (nSPS) is 24.3. The first-order chi connectivity index (χ1) is 19.9. The molecule has 3 aliphatic rings. The molecule has 0 bridgehead atoms. The third-order valence-corrected chi connectivity index (χ3v) is 9.35. The summed E-state index contributed by atoms with van der Waals surface area (Å²) in [6.45, 7) is 12.0. The predicted molar refractivity (Wildman–Crippen MR) is 169 cm³/mol. The molecule has 0 saturated carbocycles. The highest BCUT2D eigenvalue weighted by Crippen LogP contribution is 2.59. The Bertz CT molecular complexity index is 1650. The fourth-order valence-electron chi connectivity index (χ4n) is 7.30. The van der Waals surface area contributed by atoms with Crippen LogP contribution in [0, 0.1) is 17.3 Å².